The van der Waals surface area contributed by atoms with Gasteiger partial charge in [0, 0.05) is 24.3 Å². The van der Waals surface area contributed by atoms with Gasteiger partial charge in [0.2, 0.25) is 0 Å². The Kier molecular flexibility index (Phi) is 3.54. The van der Waals surface area contributed by atoms with E-state index in [9.17, 15) is 0 Å². The molecule has 4 heteroatoms. The van der Waals surface area contributed by atoms with Crippen LogP contribution in [0.15, 0.2) is 12.5 Å². The minimum Gasteiger partial charge on any atom is -0.331 e. The minimum atomic E-state index is 0.147. The molecule has 0 bridgehead atoms. The fraction of sp³-hybridized carbons (Fsp3) is 0.769. The Morgan fingerprint density at radius 3 is 2.88 bits per heavy atom. The average Bonchev–Trinajstić information content (AvgIpc) is 2.85. The first-order valence-corrected chi connectivity index (χ1v) is 6.41. The summed E-state index contributed by atoms with van der Waals surface area (Å²) in [6, 6.07) is 0.496. The lowest BCUT2D eigenvalue weighted by Gasteiger charge is -2.33. The molecule has 1 fully saturated rings. The van der Waals surface area contributed by atoms with Crippen molar-refractivity contribution in [3.05, 3.63) is 18.2 Å². The summed E-state index contributed by atoms with van der Waals surface area (Å²) < 4.78 is 2.29. The summed E-state index contributed by atoms with van der Waals surface area (Å²) in [5.74, 6) is 0. The van der Waals surface area contributed by atoms with E-state index < -0.39 is 0 Å². The SMILES string of the molecule is CN(C)C(C)(C)Cn1cncc1[C@@H]1CCCN1. The van der Waals surface area contributed by atoms with Crippen molar-refractivity contribution in [3.8, 4) is 0 Å². The van der Waals surface area contributed by atoms with Crippen molar-refractivity contribution in [1.82, 2.24) is 19.8 Å². The Morgan fingerprint density at radius 1 is 1.53 bits per heavy atom. The summed E-state index contributed by atoms with van der Waals surface area (Å²) in [6.45, 7) is 6.64. The second-order valence-electron chi connectivity index (χ2n) is 5.80. The Labute approximate surface area is 104 Å². The van der Waals surface area contributed by atoms with Crippen LogP contribution in [0.25, 0.3) is 0 Å². The number of nitrogens with zero attached hydrogens (tertiary/aromatic N) is 3. The van der Waals surface area contributed by atoms with Gasteiger partial charge in [-0.05, 0) is 47.3 Å². The van der Waals surface area contributed by atoms with Crippen molar-refractivity contribution in [2.45, 2.75) is 44.8 Å². The first-order chi connectivity index (χ1) is 8.00. The topological polar surface area (TPSA) is 33.1 Å². The molecule has 1 aromatic rings. The van der Waals surface area contributed by atoms with E-state index in [2.05, 4.69) is 47.7 Å². The highest BCUT2D eigenvalue weighted by Gasteiger charge is 2.25. The smallest absolute Gasteiger partial charge is 0.0949 e. The predicted octanol–water partition coefficient (Wildman–Crippen LogP) is 1.65. The highest BCUT2D eigenvalue weighted by molar-refractivity contribution is 5.08. The van der Waals surface area contributed by atoms with Gasteiger partial charge in [0.1, 0.15) is 0 Å². The summed E-state index contributed by atoms with van der Waals surface area (Å²) in [6.07, 6.45) is 6.47. The second-order valence-corrected chi connectivity index (χ2v) is 5.80. The molecule has 4 nitrogen and oxygen atoms in total. The van der Waals surface area contributed by atoms with Crippen molar-refractivity contribution in [2.24, 2.45) is 0 Å². The van der Waals surface area contributed by atoms with E-state index in [0.29, 0.717) is 6.04 Å². The number of hydrogen-bond donors (Lipinski definition) is 1. The van der Waals surface area contributed by atoms with Crippen LogP contribution in [-0.2, 0) is 6.54 Å². The summed E-state index contributed by atoms with van der Waals surface area (Å²) in [5.41, 5.74) is 1.48. The number of imidazole rings is 1. The molecule has 0 saturated carbocycles. The fourth-order valence-corrected chi connectivity index (χ4v) is 2.25. The fourth-order valence-electron chi connectivity index (χ4n) is 2.25. The van der Waals surface area contributed by atoms with Crippen LogP contribution in [0.4, 0.5) is 0 Å². The van der Waals surface area contributed by atoms with Crippen LogP contribution < -0.4 is 5.32 Å². The third-order valence-electron chi connectivity index (χ3n) is 3.93. The Balaban J connectivity index is 2.14. The van der Waals surface area contributed by atoms with Crippen LogP contribution in [0.1, 0.15) is 38.4 Å². The number of nitrogens with one attached hydrogen (secondary N) is 1. The predicted molar refractivity (Wildman–Crippen MR) is 70.0 cm³/mol. The molecule has 0 aromatic carbocycles. The largest absolute Gasteiger partial charge is 0.331 e. The Hall–Kier alpha value is -0.870. The first kappa shape index (κ1) is 12.6. The second kappa shape index (κ2) is 4.78. The molecule has 1 aliphatic rings. The van der Waals surface area contributed by atoms with Crippen LogP contribution in [0, 0.1) is 0 Å². The number of aromatic nitrogens is 2. The molecule has 0 spiro atoms. The normalized spacial score (nSPS) is 21.4. The zero-order valence-corrected chi connectivity index (χ0v) is 11.4. The quantitative estimate of drug-likeness (QED) is 0.863. The molecule has 1 aromatic heterocycles. The Morgan fingerprint density at radius 2 is 2.29 bits per heavy atom. The maximum absolute atomic E-state index is 4.31. The van der Waals surface area contributed by atoms with Gasteiger partial charge in [0.25, 0.3) is 0 Å². The summed E-state index contributed by atoms with van der Waals surface area (Å²) in [5, 5.41) is 3.54. The van der Waals surface area contributed by atoms with E-state index >= 15 is 0 Å². The molecule has 1 N–H and O–H groups in total. The van der Waals surface area contributed by atoms with E-state index in [0.717, 1.165) is 13.1 Å². The Bertz CT molecular complexity index is 361. The molecular formula is C13H24N4. The summed E-state index contributed by atoms with van der Waals surface area (Å²) in [4.78, 5) is 6.58. The van der Waals surface area contributed by atoms with Gasteiger partial charge in [-0.15, -0.1) is 0 Å². The number of likely N-dealkylation sites (N-methyl/N-ethyl adjacent to an activating group) is 1. The number of rotatable bonds is 4. The molecular weight excluding hydrogens is 212 g/mol. The lowest BCUT2D eigenvalue weighted by atomic mass is 10.0. The van der Waals surface area contributed by atoms with Crippen molar-refractivity contribution in [3.63, 3.8) is 0 Å². The molecule has 0 amide bonds. The zero-order valence-electron chi connectivity index (χ0n) is 11.4. The molecule has 17 heavy (non-hydrogen) atoms. The third kappa shape index (κ3) is 2.69. The van der Waals surface area contributed by atoms with Crippen LogP contribution in [0.2, 0.25) is 0 Å². The first-order valence-electron chi connectivity index (χ1n) is 6.41. The molecule has 96 valence electrons. The summed E-state index contributed by atoms with van der Waals surface area (Å²) in [7, 11) is 4.26. The van der Waals surface area contributed by atoms with Crippen LogP contribution in [0.3, 0.4) is 0 Å². The van der Waals surface area contributed by atoms with Crippen molar-refractivity contribution < 1.29 is 0 Å². The highest BCUT2D eigenvalue weighted by atomic mass is 15.2. The molecule has 1 aliphatic heterocycles. The highest BCUT2D eigenvalue weighted by Crippen LogP contribution is 2.24. The van der Waals surface area contributed by atoms with Gasteiger partial charge in [-0.3, -0.25) is 0 Å². The lowest BCUT2D eigenvalue weighted by Crippen LogP contribution is -2.42. The zero-order chi connectivity index (χ0) is 12.5. The van der Waals surface area contributed by atoms with Crippen molar-refractivity contribution in [2.75, 3.05) is 20.6 Å². The molecule has 2 heterocycles. The van der Waals surface area contributed by atoms with Crippen LogP contribution in [0.5, 0.6) is 0 Å². The van der Waals surface area contributed by atoms with E-state index in [1.165, 1.54) is 18.5 Å². The number of hydrogen-bond acceptors (Lipinski definition) is 3. The summed E-state index contributed by atoms with van der Waals surface area (Å²) >= 11 is 0. The third-order valence-corrected chi connectivity index (χ3v) is 3.93. The van der Waals surface area contributed by atoms with E-state index in [1.807, 2.05) is 12.5 Å². The van der Waals surface area contributed by atoms with Crippen LogP contribution >= 0.6 is 0 Å². The molecule has 1 saturated heterocycles. The maximum atomic E-state index is 4.31. The van der Waals surface area contributed by atoms with E-state index in [1.54, 1.807) is 0 Å². The molecule has 0 unspecified atom stereocenters. The van der Waals surface area contributed by atoms with E-state index in [-0.39, 0.29) is 5.54 Å². The molecule has 0 aliphatic carbocycles. The van der Waals surface area contributed by atoms with Gasteiger partial charge in [-0.1, -0.05) is 0 Å². The van der Waals surface area contributed by atoms with Gasteiger partial charge in [0.15, 0.2) is 0 Å². The average molecular weight is 236 g/mol. The van der Waals surface area contributed by atoms with Gasteiger partial charge < -0.3 is 14.8 Å². The molecule has 0 radical (unpaired) electrons. The minimum absolute atomic E-state index is 0.147. The van der Waals surface area contributed by atoms with Gasteiger partial charge in [-0.25, -0.2) is 4.98 Å². The maximum Gasteiger partial charge on any atom is 0.0949 e. The molecule has 2 rings (SSSR count). The van der Waals surface area contributed by atoms with Gasteiger partial charge in [0.05, 0.1) is 12.0 Å². The standard InChI is InChI=1S/C13H24N4/c1-13(2,16(3)4)9-17-10-14-8-12(17)11-6-5-7-15-11/h8,10-11,15H,5-7,9H2,1-4H3/t11-/m0/s1. The van der Waals surface area contributed by atoms with Crippen molar-refractivity contribution >= 4 is 0 Å². The molecule has 1 atom stereocenters. The van der Waals surface area contributed by atoms with Gasteiger partial charge in [-0.2, -0.15) is 0 Å². The van der Waals surface area contributed by atoms with Crippen LogP contribution in [-0.4, -0.2) is 40.6 Å². The van der Waals surface area contributed by atoms with Crippen molar-refractivity contribution in [1.29, 1.82) is 0 Å². The monoisotopic (exact) mass is 236 g/mol. The van der Waals surface area contributed by atoms with E-state index in [4.69, 9.17) is 0 Å². The van der Waals surface area contributed by atoms with Gasteiger partial charge >= 0.3 is 0 Å². The lowest BCUT2D eigenvalue weighted by molar-refractivity contribution is 0.167.